The Balaban J connectivity index is 2.12. The van der Waals surface area contributed by atoms with Gasteiger partial charge in [-0.25, -0.2) is 0 Å². The fraction of sp³-hybridized carbons (Fsp3) is 0.316. The van der Waals surface area contributed by atoms with Crippen molar-refractivity contribution < 1.29 is 9.53 Å². The van der Waals surface area contributed by atoms with Crippen LogP contribution in [0.4, 0.5) is 5.69 Å². The number of ether oxygens (including phenoxy) is 1. The van der Waals surface area contributed by atoms with E-state index in [1.165, 1.54) is 0 Å². The number of carbonyl (C=O) groups excluding carboxylic acids is 1. The van der Waals surface area contributed by atoms with E-state index in [-0.39, 0.29) is 5.91 Å². The van der Waals surface area contributed by atoms with Crippen LogP contribution in [0.3, 0.4) is 0 Å². The molecule has 4 heteroatoms. The SMILES string of the molecule is CCc1cccc(CC)c1NC(=O)[C@H](C)Oc1cccc(Cl)c1. The zero-order chi connectivity index (χ0) is 16.8. The number of amides is 1. The lowest BCUT2D eigenvalue weighted by atomic mass is 10.0. The minimum Gasteiger partial charge on any atom is -0.481 e. The molecule has 0 aromatic heterocycles. The van der Waals surface area contributed by atoms with Crippen LogP contribution < -0.4 is 10.1 Å². The van der Waals surface area contributed by atoms with Gasteiger partial charge < -0.3 is 10.1 Å². The number of hydrogen-bond acceptors (Lipinski definition) is 2. The Morgan fingerprint density at radius 2 is 1.74 bits per heavy atom. The Bertz CT molecular complexity index is 663. The number of hydrogen-bond donors (Lipinski definition) is 1. The molecule has 0 radical (unpaired) electrons. The molecule has 0 aliphatic heterocycles. The summed E-state index contributed by atoms with van der Waals surface area (Å²) < 4.78 is 5.68. The lowest BCUT2D eigenvalue weighted by Gasteiger charge is -2.18. The van der Waals surface area contributed by atoms with Crippen LogP contribution in [0.15, 0.2) is 42.5 Å². The molecule has 2 aromatic carbocycles. The van der Waals surface area contributed by atoms with E-state index in [1.54, 1.807) is 31.2 Å². The Hall–Kier alpha value is -2.00. The van der Waals surface area contributed by atoms with E-state index in [0.717, 1.165) is 29.7 Å². The molecule has 0 bridgehead atoms. The summed E-state index contributed by atoms with van der Waals surface area (Å²) >= 11 is 5.94. The van der Waals surface area contributed by atoms with Crippen molar-refractivity contribution in [3.8, 4) is 5.75 Å². The Labute approximate surface area is 142 Å². The van der Waals surface area contributed by atoms with E-state index < -0.39 is 6.10 Å². The van der Waals surface area contributed by atoms with Gasteiger partial charge in [-0.15, -0.1) is 0 Å². The summed E-state index contributed by atoms with van der Waals surface area (Å²) in [6.07, 6.45) is 1.13. The Kier molecular flexibility index (Phi) is 6.05. The average Bonchev–Trinajstić information content (AvgIpc) is 2.54. The van der Waals surface area contributed by atoms with Crippen molar-refractivity contribution in [2.75, 3.05) is 5.32 Å². The molecule has 23 heavy (non-hydrogen) atoms. The molecule has 1 amide bonds. The maximum Gasteiger partial charge on any atom is 0.265 e. The van der Waals surface area contributed by atoms with Crippen molar-refractivity contribution in [2.45, 2.75) is 39.7 Å². The molecule has 0 aliphatic rings. The minimum absolute atomic E-state index is 0.166. The van der Waals surface area contributed by atoms with Gasteiger partial charge in [0, 0.05) is 10.7 Å². The summed E-state index contributed by atoms with van der Waals surface area (Å²) in [5.74, 6) is 0.417. The van der Waals surface area contributed by atoms with Gasteiger partial charge >= 0.3 is 0 Å². The van der Waals surface area contributed by atoms with Gasteiger partial charge in [-0.05, 0) is 49.1 Å². The van der Waals surface area contributed by atoms with Crippen molar-refractivity contribution in [2.24, 2.45) is 0 Å². The summed E-state index contributed by atoms with van der Waals surface area (Å²) in [5, 5.41) is 3.60. The smallest absolute Gasteiger partial charge is 0.265 e. The van der Waals surface area contributed by atoms with Crippen LogP contribution in [0.5, 0.6) is 5.75 Å². The van der Waals surface area contributed by atoms with Crippen LogP contribution in [-0.4, -0.2) is 12.0 Å². The van der Waals surface area contributed by atoms with Crippen LogP contribution in [0, 0.1) is 0 Å². The molecule has 3 nitrogen and oxygen atoms in total. The summed E-state index contributed by atoms with van der Waals surface area (Å²) in [6, 6.07) is 13.2. The van der Waals surface area contributed by atoms with Crippen molar-refractivity contribution in [3.05, 3.63) is 58.6 Å². The molecule has 2 aromatic rings. The summed E-state index contributed by atoms with van der Waals surface area (Å²) in [6.45, 7) is 5.89. The Morgan fingerprint density at radius 3 is 2.30 bits per heavy atom. The molecule has 0 spiro atoms. The number of rotatable bonds is 6. The fourth-order valence-corrected chi connectivity index (χ4v) is 2.61. The van der Waals surface area contributed by atoms with Gasteiger partial charge in [-0.2, -0.15) is 0 Å². The molecular formula is C19H22ClNO2. The maximum absolute atomic E-state index is 12.5. The average molecular weight is 332 g/mol. The van der Waals surface area contributed by atoms with Crippen molar-refractivity contribution in [1.29, 1.82) is 0 Å². The van der Waals surface area contributed by atoms with E-state index in [9.17, 15) is 4.79 Å². The number of benzene rings is 2. The molecule has 0 fully saturated rings. The molecule has 1 N–H and O–H groups in total. The van der Waals surface area contributed by atoms with Gasteiger partial charge in [0.1, 0.15) is 5.75 Å². The van der Waals surface area contributed by atoms with Crippen LogP contribution in [0.2, 0.25) is 5.02 Å². The summed E-state index contributed by atoms with van der Waals surface area (Å²) in [4.78, 5) is 12.5. The second kappa shape index (κ2) is 8.02. The molecule has 0 saturated carbocycles. The molecule has 1 atom stereocenters. The van der Waals surface area contributed by atoms with Crippen LogP contribution >= 0.6 is 11.6 Å². The van der Waals surface area contributed by atoms with Gasteiger partial charge in [-0.3, -0.25) is 4.79 Å². The van der Waals surface area contributed by atoms with Gasteiger partial charge in [0.15, 0.2) is 6.10 Å². The largest absolute Gasteiger partial charge is 0.481 e. The summed E-state index contributed by atoms with van der Waals surface area (Å²) in [5.41, 5.74) is 3.17. The summed E-state index contributed by atoms with van der Waals surface area (Å²) in [7, 11) is 0. The van der Waals surface area contributed by atoms with Crippen LogP contribution in [0.25, 0.3) is 0 Å². The lowest BCUT2D eigenvalue weighted by molar-refractivity contribution is -0.122. The van der Waals surface area contributed by atoms with Crippen LogP contribution in [-0.2, 0) is 17.6 Å². The minimum atomic E-state index is -0.608. The number of anilines is 1. The monoisotopic (exact) mass is 331 g/mol. The van der Waals surface area contributed by atoms with E-state index in [0.29, 0.717) is 10.8 Å². The highest BCUT2D eigenvalue weighted by atomic mass is 35.5. The number of aryl methyl sites for hydroxylation is 2. The first-order chi connectivity index (χ1) is 11.0. The van der Waals surface area contributed by atoms with E-state index >= 15 is 0 Å². The molecule has 0 saturated heterocycles. The Morgan fingerprint density at radius 1 is 1.13 bits per heavy atom. The highest BCUT2D eigenvalue weighted by Gasteiger charge is 2.17. The predicted octanol–water partition coefficient (Wildman–Crippen LogP) is 4.87. The quantitative estimate of drug-likeness (QED) is 0.820. The number of carbonyl (C=O) groups is 1. The lowest BCUT2D eigenvalue weighted by Crippen LogP contribution is -2.30. The third kappa shape index (κ3) is 4.49. The topological polar surface area (TPSA) is 38.3 Å². The zero-order valence-electron chi connectivity index (χ0n) is 13.7. The predicted molar refractivity (Wildman–Crippen MR) is 95.4 cm³/mol. The first-order valence-corrected chi connectivity index (χ1v) is 8.26. The first kappa shape index (κ1) is 17.4. The number of nitrogens with one attached hydrogen (secondary N) is 1. The first-order valence-electron chi connectivity index (χ1n) is 7.89. The second-order valence-electron chi connectivity index (χ2n) is 5.37. The molecular weight excluding hydrogens is 310 g/mol. The third-order valence-electron chi connectivity index (χ3n) is 3.73. The van der Waals surface area contributed by atoms with Crippen molar-refractivity contribution in [3.63, 3.8) is 0 Å². The zero-order valence-corrected chi connectivity index (χ0v) is 14.5. The maximum atomic E-state index is 12.5. The number of halogens is 1. The van der Waals surface area contributed by atoms with Gasteiger partial charge in [-0.1, -0.05) is 49.7 Å². The second-order valence-corrected chi connectivity index (χ2v) is 5.80. The van der Waals surface area contributed by atoms with Crippen molar-refractivity contribution >= 4 is 23.2 Å². The normalized spacial score (nSPS) is 11.8. The van der Waals surface area contributed by atoms with E-state index in [4.69, 9.17) is 16.3 Å². The van der Waals surface area contributed by atoms with Crippen molar-refractivity contribution in [1.82, 2.24) is 0 Å². The van der Waals surface area contributed by atoms with Crippen LogP contribution in [0.1, 0.15) is 31.9 Å². The fourth-order valence-electron chi connectivity index (χ4n) is 2.43. The molecule has 0 heterocycles. The highest BCUT2D eigenvalue weighted by molar-refractivity contribution is 6.30. The van der Waals surface area contributed by atoms with E-state index in [1.807, 2.05) is 18.2 Å². The highest BCUT2D eigenvalue weighted by Crippen LogP contribution is 2.23. The molecule has 122 valence electrons. The van der Waals surface area contributed by atoms with Gasteiger partial charge in [0.05, 0.1) is 0 Å². The number of para-hydroxylation sites is 1. The molecule has 0 unspecified atom stereocenters. The van der Waals surface area contributed by atoms with Gasteiger partial charge in [0.25, 0.3) is 5.91 Å². The molecule has 0 aliphatic carbocycles. The van der Waals surface area contributed by atoms with Gasteiger partial charge in [0.2, 0.25) is 0 Å². The molecule has 2 rings (SSSR count). The standard InChI is InChI=1S/C19H22ClNO2/c1-4-14-8-6-9-15(5-2)18(14)21-19(22)13(3)23-17-11-7-10-16(20)12-17/h6-13H,4-5H2,1-3H3,(H,21,22)/t13-/m0/s1. The van der Waals surface area contributed by atoms with E-state index in [2.05, 4.69) is 19.2 Å². The third-order valence-corrected chi connectivity index (χ3v) is 3.96.